The van der Waals surface area contributed by atoms with Crippen molar-refractivity contribution in [2.75, 3.05) is 6.54 Å². The van der Waals surface area contributed by atoms with Crippen molar-refractivity contribution in [3.63, 3.8) is 0 Å². The van der Waals surface area contributed by atoms with Crippen molar-refractivity contribution >= 4 is 0 Å². The zero-order valence-corrected chi connectivity index (χ0v) is 9.67. The van der Waals surface area contributed by atoms with Gasteiger partial charge in [0.25, 0.3) is 0 Å². The zero-order valence-electron chi connectivity index (χ0n) is 9.67. The molecule has 0 atom stereocenters. The minimum Gasteiger partial charge on any atom is -0.294 e. The second kappa shape index (κ2) is 5.98. The largest absolute Gasteiger partial charge is 0.294 e. The predicted octanol–water partition coefficient (Wildman–Crippen LogP) is 3.24. The summed E-state index contributed by atoms with van der Waals surface area (Å²) in [6, 6.07) is 1.18. The first-order valence-corrected chi connectivity index (χ1v) is 5.06. The van der Waals surface area contributed by atoms with E-state index in [0.717, 1.165) is 6.54 Å². The summed E-state index contributed by atoms with van der Waals surface area (Å²) in [5, 5.41) is 0. The van der Waals surface area contributed by atoms with E-state index in [1.807, 2.05) is 6.08 Å². The van der Waals surface area contributed by atoms with E-state index in [-0.39, 0.29) is 0 Å². The van der Waals surface area contributed by atoms with E-state index in [1.54, 1.807) is 0 Å². The third kappa shape index (κ3) is 4.28. The van der Waals surface area contributed by atoms with Gasteiger partial charge >= 0.3 is 0 Å². The van der Waals surface area contributed by atoms with E-state index in [0.29, 0.717) is 12.1 Å². The molecule has 0 saturated carbocycles. The van der Waals surface area contributed by atoms with E-state index in [4.69, 9.17) is 0 Å². The molecule has 0 aromatic carbocycles. The van der Waals surface area contributed by atoms with E-state index in [2.05, 4.69) is 52.2 Å². The molecule has 0 aliphatic carbocycles. The van der Waals surface area contributed by atoms with E-state index in [9.17, 15) is 0 Å². The topological polar surface area (TPSA) is 3.24 Å². The Labute approximate surface area is 83.1 Å². The number of rotatable bonds is 5. The molecule has 0 amide bonds. The Morgan fingerprint density at radius 2 is 1.69 bits per heavy atom. The average Bonchev–Trinajstić information content (AvgIpc) is 2.05. The number of hydrogen-bond donors (Lipinski definition) is 0. The lowest BCUT2D eigenvalue weighted by Gasteiger charge is -2.30. The molecule has 0 rings (SSSR count). The fraction of sp³-hybridized carbons (Fsp3) is 0.667. The lowest BCUT2D eigenvalue weighted by molar-refractivity contribution is 0.193. The highest BCUT2D eigenvalue weighted by atomic mass is 15.2. The van der Waals surface area contributed by atoms with Crippen molar-refractivity contribution in [3.8, 4) is 0 Å². The highest BCUT2D eigenvalue weighted by Crippen LogP contribution is 2.09. The van der Waals surface area contributed by atoms with Gasteiger partial charge in [-0.25, -0.2) is 0 Å². The van der Waals surface area contributed by atoms with Crippen LogP contribution in [0.5, 0.6) is 0 Å². The lowest BCUT2D eigenvalue weighted by atomic mass is 10.1. The molecule has 0 saturated heterocycles. The van der Waals surface area contributed by atoms with Crippen molar-refractivity contribution in [2.45, 2.75) is 46.7 Å². The van der Waals surface area contributed by atoms with Gasteiger partial charge in [-0.2, -0.15) is 0 Å². The van der Waals surface area contributed by atoms with E-state index >= 15 is 0 Å². The average molecular weight is 181 g/mol. The summed E-state index contributed by atoms with van der Waals surface area (Å²) in [4.78, 5) is 2.46. The van der Waals surface area contributed by atoms with Crippen LogP contribution in [0.4, 0.5) is 0 Å². The van der Waals surface area contributed by atoms with Gasteiger partial charge in [-0.3, -0.25) is 4.90 Å². The Morgan fingerprint density at radius 3 is 1.92 bits per heavy atom. The van der Waals surface area contributed by atoms with Crippen LogP contribution in [0.2, 0.25) is 0 Å². The first-order chi connectivity index (χ1) is 6.02. The molecule has 0 aliphatic heterocycles. The number of nitrogens with zero attached hydrogens (tertiary/aromatic N) is 1. The minimum absolute atomic E-state index is 0.592. The molecule has 1 heteroatoms. The Bertz CT molecular complexity index is 170. The molecule has 0 unspecified atom stereocenters. The molecule has 0 radical (unpaired) electrons. The molecular formula is C12H23N. The highest BCUT2D eigenvalue weighted by Gasteiger charge is 2.13. The maximum Gasteiger partial charge on any atom is 0.0235 e. The Hall–Kier alpha value is -0.560. The summed E-state index contributed by atoms with van der Waals surface area (Å²) in [5.41, 5.74) is 1.31. The second-order valence-corrected chi connectivity index (χ2v) is 3.93. The molecule has 0 bridgehead atoms. The van der Waals surface area contributed by atoms with Crippen molar-refractivity contribution in [3.05, 3.63) is 24.3 Å². The molecule has 0 fully saturated rings. The summed E-state index contributed by atoms with van der Waals surface area (Å²) >= 11 is 0. The number of allylic oxidation sites excluding steroid dienone is 1. The summed E-state index contributed by atoms with van der Waals surface area (Å²) in [7, 11) is 0. The van der Waals surface area contributed by atoms with Crippen LogP contribution in [0, 0.1) is 0 Å². The van der Waals surface area contributed by atoms with Gasteiger partial charge in [0.1, 0.15) is 0 Å². The molecule has 0 N–H and O–H groups in total. The van der Waals surface area contributed by atoms with Crippen molar-refractivity contribution in [1.82, 2.24) is 4.90 Å². The predicted molar refractivity (Wildman–Crippen MR) is 60.9 cm³/mol. The van der Waals surface area contributed by atoms with Crippen molar-refractivity contribution < 1.29 is 0 Å². The van der Waals surface area contributed by atoms with Gasteiger partial charge in [0, 0.05) is 18.6 Å². The van der Waals surface area contributed by atoms with Crippen molar-refractivity contribution in [1.29, 1.82) is 0 Å². The van der Waals surface area contributed by atoms with Gasteiger partial charge in [0.2, 0.25) is 0 Å². The maximum atomic E-state index is 3.81. The summed E-state index contributed by atoms with van der Waals surface area (Å²) in [5.74, 6) is 0. The first kappa shape index (κ1) is 12.4. The van der Waals surface area contributed by atoms with Gasteiger partial charge in [-0.05, 0) is 40.2 Å². The molecule has 0 aromatic heterocycles. The molecule has 0 aromatic rings. The molecule has 76 valence electrons. The normalized spacial score (nSPS) is 13.1. The monoisotopic (exact) mass is 181 g/mol. The van der Waals surface area contributed by atoms with Gasteiger partial charge in [-0.1, -0.05) is 18.7 Å². The van der Waals surface area contributed by atoms with Gasteiger partial charge in [0.15, 0.2) is 0 Å². The molecule has 0 heterocycles. The Kier molecular flexibility index (Phi) is 5.72. The molecular weight excluding hydrogens is 158 g/mol. The van der Waals surface area contributed by atoms with Gasteiger partial charge in [0.05, 0.1) is 0 Å². The van der Waals surface area contributed by atoms with Crippen molar-refractivity contribution in [2.24, 2.45) is 0 Å². The molecule has 0 spiro atoms. The van der Waals surface area contributed by atoms with Crippen LogP contribution < -0.4 is 0 Å². The second-order valence-electron chi connectivity index (χ2n) is 3.93. The van der Waals surface area contributed by atoms with Crippen LogP contribution in [-0.4, -0.2) is 23.5 Å². The lowest BCUT2D eigenvalue weighted by Crippen LogP contribution is -2.38. The maximum absolute atomic E-state index is 3.81. The molecule has 0 aliphatic rings. The molecule has 1 nitrogen and oxygen atoms in total. The third-order valence-corrected chi connectivity index (χ3v) is 2.32. The standard InChI is InChI=1S/C12H23N/c1-7-12(8-2)9-13(10(3)4)11(5)6/h7-8,10-11H,1,9H2,2-6H3/b12-8+. The summed E-state index contributed by atoms with van der Waals surface area (Å²) < 4.78 is 0. The van der Waals surface area contributed by atoms with Crippen LogP contribution >= 0.6 is 0 Å². The summed E-state index contributed by atoms with van der Waals surface area (Å²) in [6.07, 6.45) is 4.07. The van der Waals surface area contributed by atoms with Crippen LogP contribution in [-0.2, 0) is 0 Å². The summed E-state index contributed by atoms with van der Waals surface area (Å²) in [6.45, 7) is 15.8. The number of hydrogen-bond acceptors (Lipinski definition) is 1. The van der Waals surface area contributed by atoms with E-state index < -0.39 is 0 Å². The minimum atomic E-state index is 0.592. The highest BCUT2D eigenvalue weighted by molar-refractivity contribution is 5.17. The fourth-order valence-corrected chi connectivity index (χ4v) is 1.45. The smallest absolute Gasteiger partial charge is 0.0235 e. The fourth-order valence-electron chi connectivity index (χ4n) is 1.45. The first-order valence-electron chi connectivity index (χ1n) is 5.06. The van der Waals surface area contributed by atoms with Crippen LogP contribution in [0.3, 0.4) is 0 Å². The SMILES string of the molecule is C=C/C(=C\C)CN(C(C)C)C(C)C. The van der Waals surface area contributed by atoms with Crippen LogP contribution in [0.25, 0.3) is 0 Å². The zero-order chi connectivity index (χ0) is 10.4. The quantitative estimate of drug-likeness (QED) is 0.589. The van der Waals surface area contributed by atoms with Gasteiger partial charge < -0.3 is 0 Å². The Morgan fingerprint density at radius 1 is 1.23 bits per heavy atom. The van der Waals surface area contributed by atoms with E-state index in [1.165, 1.54) is 5.57 Å². The molecule has 13 heavy (non-hydrogen) atoms. The Balaban J connectivity index is 4.33. The van der Waals surface area contributed by atoms with Gasteiger partial charge in [-0.15, -0.1) is 0 Å². The third-order valence-electron chi connectivity index (χ3n) is 2.32. The van der Waals surface area contributed by atoms with Crippen LogP contribution in [0.1, 0.15) is 34.6 Å². The van der Waals surface area contributed by atoms with Crippen LogP contribution in [0.15, 0.2) is 24.3 Å².